The molecule has 0 unspecified atom stereocenters. The van der Waals surface area contributed by atoms with Crippen molar-refractivity contribution in [2.24, 2.45) is 0 Å². The fourth-order valence-electron chi connectivity index (χ4n) is 0.840. The molecule has 0 nitrogen and oxygen atoms in total. The van der Waals surface area contributed by atoms with Gasteiger partial charge in [0.05, 0.1) is 0 Å². The maximum atomic E-state index is 5.25. The van der Waals surface area contributed by atoms with E-state index in [1.807, 2.05) is 32.0 Å². The Morgan fingerprint density at radius 3 is 1.90 bits per heavy atom. The number of benzene rings is 1. The zero-order valence-corrected chi connectivity index (χ0v) is 7.11. The van der Waals surface area contributed by atoms with Crippen LogP contribution in [0.15, 0.2) is 30.3 Å². The second kappa shape index (κ2) is 2.67. The van der Waals surface area contributed by atoms with Crippen LogP contribution in [0.5, 0.6) is 0 Å². The average Bonchev–Trinajstić information content (AvgIpc) is 1.88. The van der Waals surface area contributed by atoms with Crippen molar-refractivity contribution < 1.29 is 0 Å². The monoisotopic (exact) mass is 151 g/mol. The van der Waals surface area contributed by atoms with Gasteiger partial charge in [-0.2, -0.15) is 0 Å². The molecule has 10 heavy (non-hydrogen) atoms. The molecule has 0 spiro atoms. The second-order valence-electron chi connectivity index (χ2n) is 2.88. The molecule has 1 heteroatoms. The number of hydrogen-bond acceptors (Lipinski definition) is 1. The van der Waals surface area contributed by atoms with Crippen molar-refractivity contribution in [3.05, 3.63) is 35.9 Å². The Balaban J connectivity index is 2.97. The molecule has 0 fully saturated rings. The first-order valence-electron chi connectivity index (χ1n) is 3.36. The highest BCUT2D eigenvalue weighted by Gasteiger charge is 2.01. The van der Waals surface area contributed by atoms with Gasteiger partial charge >= 0.3 is 0 Å². The van der Waals surface area contributed by atoms with Crippen LogP contribution in [0, 0.1) is 0 Å². The van der Waals surface area contributed by atoms with E-state index in [9.17, 15) is 0 Å². The van der Waals surface area contributed by atoms with Gasteiger partial charge < -0.3 is 12.6 Å². The Morgan fingerprint density at radius 1 is 1.10 bits per heavy atom. The van der Waals surface area contributed by atoms with E-state index in [0.717, 1.165) is 0 Å². The highest BCUT2D eigenvalue weighted by Crippen LogP contribution is 2.19. The minimum Gasteiger partial charge on any atom is -0.782 e. The van der Waals surface area contributed by atoms with Gasteiger partial charge in [-0.15, -0.1) is 4.75 Å². The first kappa shape index (κ1) is 7.67. The van der Waals surface area contributed by atoms with Crippen molar-refractivity contribution in [2.75, 3.05) is 0 Å². The largest absolute Gasteiger partial charge is 0.782 e. The molecule has 0 heterocycles. The molecular formula is C9H11S-. The van der Waals surface area contributed by atoms with Crippen molar-refractivity contribution in [2.45, 2.75) is 18.6 Å². The van der Waals surface area contributed by atoms with Crippen LogP contribution < -0.4 is 0 Å². The summed E-state index contributed by atoms with van der Waals surface area (Å²) in [6.07, 6.45) is 0. The first-order chi connectivity index (χ1) is 4.61. The molecule has 1 aromatic carbocycles. The normalized spacial score (nSPS) is 11.5. The van der Waals surface area contributed by atoms with Crippen LogP contribution in [-0.2, 0) is 17.4 Å². The van der Waals surface area contributed by atoms with E-state index in [4.69, 9.17) is 12.6 Å². The lowest BCUT2D eigenvalue weighted by molar-refractivity contribution is 0.789. The van der Waals surface area contributed by atoms with Crippen molar-refractivity contribution in [3.8, 4) is 0 Å². The summed E-state index contributed by atoms with van der Waals surface area (Å²) < 4.78 is -0.124. The van der Waals surface area contributed by atoms with Gasteiger partial charge in [0, 0.05) is 0 Å². The molecule has 0 bridgehead atoms. The van der Waals surface area contributed by atoms with Gasteiger partial charge in [0.2, 0.25) is 0 Å². The fraction of sp³-hybridized carbons (Fsp3) is 0.333. The standard InChI is InChI=1S/C9H12S/c1-9(2,10)8-6-4-3-5-7-8/h3-7,10H,1-2H3/p-1. The molecule has 0 N–H and O–H groups in total. The molecule has 1 rings (SSSR count). The van der Waals surface area contributed by atoms with Gasteiger partial charge in [0.15, 0.2) is 0 Å². The SMILES string of the molecule is CC(C)([S-])c1ccccc1. The third-order valence-corrected chi connectivity index (χ3v) is 1.70. The van der Waals surface area contributed by atoms with Crippen LogP contribution >= 0.6 is 0 Å². The van der Waals surface area contributed by atoms with Crippen LogP contribution in [0.1, 0.15) is 19.4 Å². The molecule has 0 aromatic heterocycles. The van der Waals surface area contributed by atoms with E-state index < -0.39 is 0 Å². The summed E-state index contributed by atoms with van der Waals surface area (Å²) in [7, 11) is 0. The van der Waals surface area contributed by atoms with Gasteiger partial charge in [0.25, 0.3) is 0 Å². The lowest BCUT2D eigenvalue weighted by atomic mass is 10.0. The summed E-state index contributed by atoms with van der Waals surface area (Å²) in [5, 5.41) is 0. The summed E-state index contributed by atoms with van der Waals surface area (Å²) >= 11 is 5.25. The minimum absolute atomic E-state index is 0.124. The third-order valence-electron chi connectivity index (χ3n) is 1.47. The van der Waals surface area contributed by atoms with Crippen molar-refractivity contribution in [3.63, 3.8) is 0 Å². The molecule has 0 aliphatic carbocycles. The molecular weight excluding hydrogens is 140 g/mol. The van der Waals surface area contributed by atoms with Gasteiger partial charge in [-0.3, -0.25) is 0 Å². The van der Waals surface area contributed by atoms with E-state index >= 15 is 0 Å². The van der Waals surface area contributed by atoms with E-state index in [2.05, 4.69) is 12.1 Å². The van der Waals surface area contributed by atoms with Gasteiger partial charge in [-0.05, 0) is 0 Å². The molecule has 0 aliphatic rings. The quantitative estimate of drug-likeness (QED) is 0.556. The van der Waals surface area contributed by atoms with Crippen LogP contribution in [-0.4, -0.2) is 0 Å². The molecule has 0 amide bonds. The molecule has 0 aliphatic heterocycles. The molecule has 0 saturated carbocycles. The maximum Gasteiger partial charge on any atom is -0.0605 e. The average molecular weight is 151 g/mol. The van der Waals surface area contributed by atoms with Gasteiger partial charge in [-0.25, -0.2) is 0 Å². The topological polar surface area (TPSA) is 0 Å². The summed E-state index contributed by atoms with van der Waals surface area (Å²) in [4.78, 5) is 0. The van der Waals surface area contributed by atoms with Crippen molar-refractivity contribution in [1.29, 1.82) is 0 Å². The fourth-order valence-corrected chi connectivity index (χ4v) is 0.976. The Morgan fingerprint density at radius 2 is 1.60 bits per heavy atom. The zero-order valence-electron chi connectivity index (χ0n) is 6.29. The maximum absolute atomic E-state index is 5.25. The Hall–Kier alpha value is -0.430. The number of rotatable bonds is 1. The Labute approximate surface area is 67.7 Å². The third kappa shape index (κ3) is 1.77. The molecule has 54 valence electrons. The summed E-state index contributed by atoms with van der Waals surface area (Å²) in [6, 6.07) is 10.2. The van der Waals surface area contributed by atoms with Crippen LogP contribution in [0.2, 0.25) is 0 Å². The molecule has 0 saturated heterocycles. The highest BCUT2D eigenvalue weighted by atomic mass is 32.1. The lowest BCUT2D eigenvalue weighted by Crippen LogP contribution is -2.11. The van der Waals surface area contributed by atoms with E-state index in [0.29, 0.717) is 0 Å². The summed E-state index contributed by atoms with van der Waals surface area (Å²) in [6.45, 7) is 4.08. The first-order valence-corrected chi connectivity index (χ1v) is 3.77. The summed E-state index contributed by atoms with van der Waals surface area (Å²) in [5.41, 5.74) is 1.21. The smallest absolute Gasteiger partial charge is 0.0605 e. The molecule has 0 radical (unpaired) electrons. The van der Waals surface area contributed by atoms with Gasteiger partial charge in [0.1, 0.15) is 0 Å². The summed E-state index contributed by atoms with van der Waals surface area (Å²) in [5.74, 6) is 0. The molecule has 0 atom stereocenters. The highest BCUT2D eigenvalue weighted by molar-refractivity contribution is 7.59. The second-order valence-corrected chi connectivity index (χ2v) is 3.90. The van der Waals surface area contributed by atoms with Crippen LogP contribution in [0.4, 0.5) is 0 Å². The predicted molar refractivity (Wildman–Crippen MR) is 46.8 cm³/mol. The Bertz CT molecular complexity index is 196. The molecule has 1 aromatic rings. The van der Waals surface area contributed by atoms with Crippen molar-refractivity contribution in [1.82, 2.24) is 0 Å². The van der Waals surface area contributed by atoms with Crippen LogP contribution in [0.3, 0.4) is 0 Å². The Kier molecular flexibility index (Phi) is 2.05. The zero-order chi connectivity index (χ0) is 7.61. The van der Waals surface area contributed by atoms with E-state index in [1.54, 1.807) is 0 Å². The number of hydrogen-bond donors (Lipinski definition) is 0. The van der Waals surface area contributed by atoms with Crippen LogP contribution in [0.25, 0.3) is 0 Å². The van der Waals surface area contributed by atoms with Crippen molar-refractivity contribution >= 4 is 12.6 Å². The van der Waals surface area contributed by atoms with E-state index in [1.165, 1.54) is 5.56 Å². The van der Waals surface area contributed by atoms with E-state index in [-0.39, 0.29) is 4.75 Å². The lowest BCUT2D eigenvalue weighted by Gasteiger charge is -2.32. The van der Waals surface area contributed by atoms with Gasteiger partial charge in [-0.1, -0.05) is 49.7 Å². The predicted octanol–water partition coefficient (Wildman–Crippen LogP) is 2.47. The minimum atomic E-state index is -0.124.